The molecule has 0 saturated carbocycles. The van der Waals surface area contributed by atoms with Gasteiger partial charge in [0.2, 0.25) is 0 Å². The van der Waals surface area contributed by atoms with Crippen LogP contribution in [0.1, 0.15) is 15.9 Å². The lowest BCUT2D eigenvalue weighted by atomic mass is 10.0. The first-order chi connectivity index (χ1) is 13.7. The van der Waals surface area contributed by atoms with Gasteiger partial charge < -0.3 is 4.90 Å². The van der Waals surface area contributed by atoms with E-state index < -0.39 is 0 Å². The summed E-state index contributed by atoms with van der Waals surface area (Å²) in [5.74, 6) is 0.108. The predicted octanol–water partition coefficient (Wildman–Crippen LogP) is 4.97. The summed E-state index contributed by atoms with van der Waals surface area (Å²) in [5.41, 5.74) is 4.18. The number of carbonyl (C=O) groups is 1. The molecule has 0 N–H and O–H groups in total. The minimum Gasteiger partial charge on any atom is -0.336 e. The number of benzene rings is 3. The fraction of sp³-hybridized carbons (Fsp3) is 0.208. The van der Waals surface area contributed by atoms with E-state index in [1.54, 1.807) is 0 Å². The highest BCUT2D eigenvalue weighted by Gasteiger charge is 2.22. The first-order valence-corrected chi connectivity index (χ1v) is 9.99. The van der Waals surface area contributed by atoms with Crippen LogP contribution in [0.25, 0.3) is 11.1 Å². The first-order valence-electron chi connectivity index (χ1n) is 9.61. The number of amides is 1. The number of hydrogen-bond donors (Lipinski definition) is 0. The second-order valence-corrected chi connectivity index (χ2v) is 7.51. The van der Waals surface area contributed by atoms with Crippen LogP contribution in [0.5, 0.6) is 0 Å². The smallest absolute Gasteiger partial charge is 0.253 e. The van der Waals surface area contributed by atoms with Crippen LogP contribution in [0, 0.1) is 0 Å². The Labute approximate surface area is 171 Å². The molecule has 3 nitrogen and oxygen atoms in total. The van der Waals surface area contributed by atoms with Crippen molar-refractivity contribution in [1.82, 2.24) is 9.80 Å². The van der Waals surface area contributed by atoms with E-state index >= 15 is 0 Å². The predicted molar refractivity (Wildman–Crippen MR) is 115 cm³/mol. The van der Waals surface area contributed by atoms with Crippen LogP contribution in [-0.4, -0.2) is 41.9 Å². The van der Waals surface area contributed by atoms with Crippen molar-refractivity contribution in [1.29, 1.82) is 0 Å². The molecule has 142 valence electrons. The molecule has 0 bridgehead atoms. The Kier molecular flexibility index (Phi) is 5.75. The van der Waals surface area contributed by atoms with Gasteiger partial charge in [0.05, 0.1) is 0 Å². The standard InChI is InChI=1S/C24H23ClN2O/c25-23-9-5-4-8-22(23)18-26-14-16-27(17-15-26)24(28)21-12-10-20(11-13-21)19-6-2-1-3-7-19/h1-13H,14-18H2. The van der Waals surface area contributed by atoms with Crippen LogP contribution in [0.15, 0.2) is 78.9 Å². The molecular formula is C24H23ClN2O. The number of nitrogens with zero attached hydrogens (tertiary/aromatic N) is 2. The Balaban J connectivity index is 1.35. The average Bonchev–Trinajstić information content (AvgIpc) is 2.76. The van der Waals surface area contributed by atoms with Crippen LogP contribution in [-0.2, 0) is 6.54 Å². The van der Waals surface area contributed by atoms with Gasteiger partial charge in [0.25, 0.3) is 5.91 Å². The molecule has 1 aliphatic heterocycles. The van der Waals surface area contributed by atoms with Crippen LogP contribution in [0.4, 0.5) is 0 Å². The molecule has 0 atom stereocenters. The zero-order valence-electron chi connectivity index (χ0n) is 15.7. The molecule has 1 heterocycles. The summed E-state index contributed by atoms with van der Waals surface area (Å²) in [4.78, 5) is 17.1. The van der Waals surface area contributed by atoms with E-state index in [0.717, 1.165) is 60.0 Å². The van der Waals surface area contributed by atoms with Crippen LogP contribution in [0.2, 0.25) is 5.02 Å². The molecule has 4 heteroatoms. The van der Waals surface area contributed by atoms with E-state index in [-0.39, 0.29) is 5.91 Å². The molecule has 3 aromatic carbocycles. The van der Waals surface area contributed by atoms with Gasteiger partial charge in [-0.05, 0) is 34.9 Å². The Morgan fingerprint density at radius 3 is 2.04 bits per heavy atom. The maximum Gasteiger partial charge on any atom is 0.253 e. The van der Waals surface area contributed by atoms with E-state index in [1.165, 1.54) is 0 Å². The summed E-state index contributed by atoms with van der Waals surface area (Å²) in [6, 6.07) is 26.1. The third-order valence-corrected chi connectivity index (χ3v) is 5.62. The van der Waals surface area contributed by atoms with Crippen molar-refractivity contribution < 1.29 is 4.79 Å². The van der Waals surface area contributed by atoms with Gasteiger partial charge in [0, 0.05) is 43.3 Å². The van der Waals surface area contributed by atoms with Crippen molar-refractivity contribution in [2.24, 2.45) is 0 Å². The van der Waals surface area contributed by atoms with Crippen LogP contribution >= 0.6 is 11.6 Å². The van der Waals surface area contributed by atoms with Gasteiger partial charge in [0.1, 0.15) is 0 Å². The highest BCUT2D eigenvalue weighted by molar-refractivity contribution is 6.31. The Morgan fingerprint density at radius 2 is 1.36 bits per heavy atom. The molecule has 0 aliphatic carbocycles. The SMILES string of the molecule is O=C(c1ccc(-c2ccccc2)cc1)N1CCN(Cc2ccccc2Cl)CC1. The fourth-order valence-electron chi connectivity index (χ4n) is 3.60. The van der Waals surface area contributed by atoms with Gasteiger partial charge in [-0.2, -0.15) is 0 Å². The van der Waals surface area contributed by atoms with E-state index in [4.69, 9.17) is 11.6 Å². The molecule has 0 unspecified atom stereocenters. The molecule has 28 heavy (non-hydrogen) atoms. The second kappa shape index (κ2) is 8.59. The molecule has 0 radical (unpaired) electrons. The largest absolute Gasteiger partial charge is 0.336 e. The first kappa shape index (κ1) is 18.7. The molecule has 0 aromatic heterocycles. The zero-order valence-corrected chi connectivity index (χ0v) is 16.5. The molecular weight excluding hydrogens is 368 g/mol. The summed E-state index contributed by atoms with van der Waals surface area (Å²) in [7, 11) is 0. The third-order valence-electron chi connectivity index (χ3n) is 5.25. The molecule has 0 spiro atoms. The Bertz CT molecular complexity index is 932. The lowest BCUT2D eigenvalue weighted by molar-refractivity contribution is 0.0628. The summed E-state index contributed by atoms with van der Waals surface area (Å²) < 4.78 is 0. The lowest BCUT2D eigenvalue weighted by Gasteiger charge is -2.35. The van der Waals surface area contributed by atoms with E-state index in [1.807, 2.05) is 65.6 Å². The molecule has 1 fully saturated rings. The highest BCUT2D eigenvalue weighted by atomic mass is 35.5. The van der Waals surface area contributed by atoms with Gasteiger partial charge in [0.15, 0.2) is 0 Å². The van der Waals surface area contributed by atoms with E-state index in [9.17, 15) is 4.79 Å². The minimum atomic E-state index is 0.108. The highest BCUT2D eigenvalue weighted by Crippen LogP contribution is 2.21. The summed E-state index contributed by atoms with van der Waals surface area (Å²) >= 11 is 6.27. The van der Waals surface area contributed by atoms with Crippen LogP contribution < -0.4 is 0 Å². The summed E-state index contributed by atoms with van der Waals surface area (Å²) in [6.07, 6.45) is 0. The van der Waals surface area contributed by atoms with Gasteiger partial charge in [-0.1, -0.05) is 72.3 Å². The molecule has 1 saturated heterocycles. The van der Waals surface area contributed by atoms with Crippen molar-refractivity contribution in [2.45, 2.75) is 6.54 Å². The number of hydrogen-bond acceptors (Lipinski definition) is 2. The van der Waals surface area contributed by atoms with Gasteiger partial charge in [-0.15, -0.1) is 0 Å². The number of carbonyl (C=O) groups excluding carboxylic acids is 1. The number of rotatable bonds is 4. The molecule has 4 rings (SSSR count). The van der Waals surface area contributed by atoms with Gasteiger partial charge in [-0.3, -0.25) is 9.69 Å². The minimum absolute atomic E-state index is 0.108. The Hall–Kier alpha value is -2.62. The summed E-state index contributed by atoms with van der Waals surface area (Å²) in [5, 5.41) is 0.805. The maximum absolute atomic E-state index is 12.9. The quantitative estimate of drug-likeness (QED) is 0.628. The van der Waals surface area contributed by atoms with E-state index in [0.29, 0.717) is 0 Å². The normalized spacial score (nSPS) is 14.8. The van der Waals surface area contributed by atoms with Crippen molar-refractivity contribution in [2.75, 3.05) is 26.2 Å². The lowest BCUT2D eigenvalue weighted by Crippen LogP contribution is -2.48. The summed E-state index contributed by atoms with van der Waals surface area (Å²) in [6.45, 7) is 4.03. The van der Waals surface area contributed by atoms with Crippen molar-refractivity contribution >= 4 is 17.5 Å². The second-order valence-electron chi connectivity index (χ2n) is 7.10. The topological polar surface area (TPSA) is 23.6 Å². The zero-order chi connectivity index (χ0) is 19.3. The van der Waals surface area contributed by atoms with Crippen LogP contribution in [0.3, 0.4) is 0 Å². The average molecular weight is 391 g/mol. The Morgan fingerprint density at radius 1 is 0.750 bits per heavy atom. The van der Waals surface area contributed by atoms with Crippen molar-refractivity contribution in [3.8, 4) is 11.1 Å². The van der Waals surface area contributed by atoms with Gasteiger partial charge in [-0.25, -0.2) is 0 Å². The monoisotopic (exact) mass is 390 g/mol. The number of piperazine rings is 1. The van der Waals surface area contributed by atoms with Crippen molar-refractivity contribution in [3.63, 3.8) is 0 Å². The molecule has 1 amide bonds. The van der Waals surface area contributed by atoms with Crippen molar-refractivity contribution in [3.05, 3.63) is 95.0 Å². The van der Waals surface area contributed by atoms with Gasteiger partial charge >= 0.3 is 0 Å². The molecule has 1 aliphatic rings. The fourth-order valence-corrected chi connectivity index (χ4v) is 3.79. The number of halogens is 1. The van der Waals surface area contributed by atoms with E-state index in [2.05, 4.69) is 23.1 Å². The molecule has 3 aromatic rings. The maximum atomic E-state index is 12.9. The third kappa shape index (κ3) is 4.27.